The van der Waals surface area contributed by atoms with Crippen molar-refractivity contribution in [2.45, 2.75) is 23.8 Å². The molecule has 1 atom stereocenters. The lowest BCUT2D eigenvalue weighted by molar-refractivity contribution is -0.131. The maximum atomic E-state index is 12.5. The number of halogens is 1. The minimum Gasteiger partial charge on any atom is -0.337 e. The fraction of sp³-hybridized carbons (Fsp3) is 0.467. The first-order valence-electron chi connectivity index (χ1n) is 7.22. The Morgan fingerprint density at radius 1 is 1.36 bits per heavy atom. The smallest absolute Gasteiger partial charge is 0.242 e. The van der Waals surface area contributed by atoms with E-state index < -0.39 is 0 Å². The van der Waals surface area contributed by atoms with Crippen LogP contribution in [-0.2, 0) is 9.59 Å². The molecule has 1 saturated heterocycles. The van der Waals surface area contributed by atoms with Gasteiger partial charge in [-0.1, -0.05) is 12.1 Å². The van der Waals surface area contributed by atoms with E-state index in [2.05, 4.69) is 0 Å². The molecule has 7 heteroatoms. The van der Waals surface area contributed by atoms with Crippen molar-refractivity contribution in [2.75, 3.05) is 30.3 Å². The van der Waals surface area contributed by atoms with E-state index >= 15 is 0 Å². The van der Waals surface area contributed by atoms with Crippen LogP contribution >= 0.6 is 24.2 Å². The van der Waals surface area contributed by atoms with Crippen LogP contribution in [0, 0.1) is 0 Å². The lowest BCUT2D eigenvalue weighted by atomic mass is 10.2. The van der Waals surface area contributed by atoms with Crippen LogP contribution in [-0.4, -0.2) is 48.1 Å². The Labute approximate surface area is 140 Å². The number of carbonyl (C=O) groups is 2. The quantitative estimate of drug-likeness (QED) is 0.904. The summed E-state index contributed by atoms with van der Waals surface area (Å²) in [7, 11) is 0. The van der Waals surface area contributed by atoms with Crippen molar-refractivity contribution < 1.29 is 9.59 Å². The molecule has 0 radical (unpaired) electrons. The number of fused-ring (bicyclic) bond motifs is 1. The Hall–Kier alpha value is -1.24. The standard InChI is InChI=1S/C15H19N3O2S.ClH/c16-8-11-4-3-7-17(11)14(19)9-18-12-5-1-2-6-13(12)21-10-15(18)20;/h1-2,5-6,11H,3-4,7-10,16H2;1H. The third-order valence-corrected chi connectivity index (χ3v) is 5.12. The predicted molar refractivity (Wildman–Crippen MR) is 90.6 cm³/mol. The first kappa shape index (κ1) is 17.1. The number of carbonyl (C=O) groups excluding carboxylic acids is 2. The Morgan fingerprint density at radius 2 is 2.14 bits per heavy atom. The second-order valence-corrected chi connectivity index (χ2v) is 6.37. The molecule has 22 heavy (non-hydrogen) atoms. The molecule has 120 valence electrons. The van der Waals surface area contributed by atoms with Crippen molar-refractivity contribution in [1.82, 2.24) is 4.90 Å². The molecule has 1 aromatic carbocycles. The third-order valence-electron chi connectivity index (χ3n) is 4.07. The van der Waals surface area contributed by atoms with Gasteiger partial charge in [-0.25, -0.2) is 0 Å². The minimum atomic E-state index is -0.00412. The molecular formula is C15H20ClN3O2S. The number of nitrogens with two attached hydrogens (primary N) is 1. The number of hydrogen-bond acceptors (Lipinski definition) is 4. The minimum absolute atomic E-state index is 0. The summed E-state index contributed by atoms with van der Waals surface area (Å²) in [5.74, 6) is 0.387. The van der Waals surface area contributed by atoms with Gasteiger partial charge in [0.25, 0.3) is 0 Å². The van der Waals surface area contributed by atoms with Crippen LogP contribution in [0.5, 0.6) is 0 Å². The van der Waals surface area contributed by atoms with Gasteiger partial charge >= 0.3 is 0 Å². The summed E-state index contributed by atoms with van der Waals surface area (Å²) < 4.78 is 0. The summed E-state index contributed by atoms with van der Waals surface area (Å²) in [5.41, 5.74) is 6.56. The molecule has 0 bridgehead atoms. The Balaban J connectivity index is 0.00000176. The highest BCUT2D eigenvalue weighted by Gasteiger charge is 2.32. The fourth-order valence-electron chi connectivity index (χ4n) is 2.96. The monoisotopic (exact) mass is 341 g/mol. The Bertz CT molecular complexity index is 569. The van der Waals surface area contributed by atoms with Gasteiger partial charge in [-0.15, -0.1) is 24.2 Å². The molecule has 0 aliphatic carbocycles. The molecule has 5 nitrogen and oxygen atoms in total. The van der Waals surface area contributed by atoms with Gasteiger partial charge in [0.05, 0.1) is 11.4 Å². The van der Waals surface area contributed by atoms with Gasteiger partial charge in [-0.05, 0) is 25.0 Å². The predicted octanol–water partition coefficient (Wildman–Crippen LogP) is 1.50. The van der Waals surface area contributed by atoms with Gasteiger partial charge in [0.2, 0.25) is 11.8 Å². The molecule has 0 spiro atoms. The zero-order valence-corrected chi connectivity index (χ0v) is 13.9. The Morgan fingerprint density at radius 3 is 2.91 bits per heavy atom. The topological polar surface area (TPSA) is 66.6 Å². The first-order chi connectivity index (χ1) is 10.2. The second-order valence-electron chi connectivity index (χ2n) is 5.36. The average molecular weight is 342 g/mol. The zero-order valence-electron chi connectivity index (χ0n) is 12.2. The molecule has 0 saturated carbocycles. The normalized spacial score (nSPS) is 20.6. The number of thioether (sulfide) groups is 1. The molecule has 1 fully saturated rings. The maximum absolute atomic E-state index is 12.5. The van der Waals surface area contributed by atoms with Gasteiger partial charge in [0.1, 0.15) is 6.54 Å². The van der Waals surface area contributed by atoms with Gasteiger partial charge in [0, 0.05) is 24.0 Å². The highest BCUT2D eigenvalue weighted by atomic mass is 35.5. The summed E-state index contributed by atoms with van der Waals surface area (Å²) >= 11 is 1.53. The Kier molecular flexibility index (Phi) is 5.72. The zero-order chi connectivity index (χ0) is 14.8. The number of nitrogens with zero attached hydrogens (tertiary/aromatic N) is 2. The van der Waals surface area contributed by atoms with E-state index in [0.717, 1.165) is 30.0 Å². The summed E-state index contributed by atoms with van der Waals surface area (Å²) in [5, 5.41) is 0. The van der Waals surface area contributed by atoms with Gasteiger partial charge in [0.15, 0.2) is 0 Å². The number of amides is 2. The van der Waals surface area contributed by atoms with Crippen molar-refractivity contribution in [3.63, 3.8) is 0 Å². The number of rotatable bonds is 3. The van der Waals surface area contributed by atoms with Gasteiger partial charge in [-0.2, -0.15) is 0 Å². The summed E-state index contributed by atoms with van der Waals surface area (Å²) in [6, 6.07) is 7.86. The summed E-state index contributed by atoms with van der Waals surface area (Å²) in [6.07, 6.45) is 1.95. The maximum Gasteiger partial charge on any atom is 0.242 e. The van der Waals surface area contributed by atoms with Crippen molar-refractivity contribution in [2.24, 2.45) is 5.73 Å². The van der Waals surface area contributed by atoms with Crippen molar-refractivity contribution in [1.29, 1.82) is 0 Å². The molecule has 3 rings (SSSR count). The summed E-state index contributed by atoms with van der Waals surface area (Å²) in [4.78, 5) is 29.2. The molecular weight excluding hydrogens is 322 g/mol. The molecule has 0 aromatic heterocycles. The van der Waals surface area contributed by atoms with Crippen LogP contribution in [0.25, 0.3) is 0 Å². The highest BCUT2D eigenvalue weighted by molar-refractivity contribution is 8.00. The number of benzene rings is 1. The lowest BCUT2D eigenvalue weighted by Gasteiger charge is -2.31. The number of likely N-dealkylation sites (tertiary alicyclic amines) is 1. The number of anilines is 1. The summed E-state index contributed by atoms with van der Waals surface area (Å²) in [6.45, 7) is 1.36. The van der Waals surface area contributed by atoms with Crippen LogP contribution in [0.4, 0.5) is 5.69 Å². The molecule has 2 aliphatic heterocycles. The van der Waals surface area contributed by atoms with Crippen LogP contribution < -0.4 is 10.6 Å². The number of hydrogen-bond donors (Lipinski definition) is 1. The molecule has 1 unspecified atom stereocenters. The highest BCUT2D eigenvalue weighted by Crippen LogP contribution is 2.34. The SMILES string of the molecule is Cl.NCC1CCCN1C(=O)CN1C(=O)CSc2ccccc21. The lowest BCUT2D eigenvalue weighted by Crippen LogP contribution is -2.48. The molecule has 1 aromatic rings. The molecule has 2 aliphatic rings. The largest absolute Gasteiger partial charge is 0.337 e. The van der Waals surface area contributed by atoms with Crippen LogP contribution in [0.15, 0.2) is 29.2 Å². The fourth-order valence-corrected chi connectivity index (χ4v) is 3.90. The molecule has 2 heterocycles. The molecule has 2 amide bonds. The van der Waals surface area contributed by atoms with Crippen LogP contribution in [0.3, 0.4) is 0 Å². The van der Waals surface area contributed by atoms with E-state index in [4.69, 9.17) is 5.73 Å². The van der Waals surface area contributed by atoms with E-state index in [-0.39, 0.29) is 36.8 Å². The van der Waals surface area contributed by atoms with E-state index in [9.17, 15) is 9.59 Å². The van der Waals surface area contributed by atoms with Gasteiger partial charge < -0.3 is 15.5 Å². The van der Waals surface area contributed by atoms with Gasteiger partial charge in [-0.3, -0.25) is 9.59 Å². The third kappa shape index (κ3) is 3.24. The number of para-hydroxylation sites is 1. The van der Waals surface area contributed by atoms with E-state index in [1.54, 1.807) is 4.90 Å². The average Bonchev–Trinajstić information content (AvgIpc) is 2.98. The van der Waals surface area contributed by atoms with E-state index in [1.165, 1.54) is 11.8 Å². The van der Waals surface area contributed by atoms with E-state index in [1.807, 2.05) is 29.2 Å². The van der Waals surface area contributed by atoms with E-state index in [0.29, 0.717) is 12.3 Å². The molecule has 2 N–H and O–H groups in total. The van der Waals surface area contributed by atoms with Crippen LogP contribution in [0.1, 0.15) is 12.8 Å². The van der Waals surface area contributed by atoms with Crippen molar-refractivity contribution >= 4 is 41.7 Å². The second kappa shape index (κ2) is 7.35. The first-order valence-corrected chi connectivity index (χ1v) is 8.21. The van der Waals surface area contributed by atoms with Crippen molar-refractivity contribution in [3.8, 4) is 0 Å². The van der Waals surface area contributed by atoms with Crippen molar-refractivity contribution in [3.05, 3.63) is 24.3 Å². The van der Waals surface area contributed by atoms with Crippen LogP contribution in [0.2, 0.25) is 0 Å².